The number of carbonyl (C=O) groups excluding carboxylic acids is 1. The third-order valence-corrected chi connectivity index (χ3v) is 4.67. The van der Waals surface area contributed by atoms with Gasteiger partial charge in [-0.3, -0.25) is 9.79 Å². The van der Waals surface area contributed by atoms with Crippen LogP contribution in [0.25, 0.3) is 0 Å². The molecule has 0 heterocycles. The van der Waals surface area contributed by atoms with Crippen LogP contribution in [0.15, 0.2) is 4.99 Å². The molecule has 0 spiro atoms. The van der Waals surface area contributed by atoms with Gasteiger partial charge in [-0.1, -0.05) is 19.8 Å². The lowest BCUT2D eigenvalue weighted by Crippen LogP contribution is -2.49. The molecule has 2 rings (SSSR count). The topological polar surface area (TPSA) is 56.7 Å². The van der Waals surface area contributed by atoms with Crippen molar-refractivity contribution in [2.45, 2.75) is 45.1 Å². The minimum absolute atomic E-state index is 0. The Morgan fingerprint density at radius 2 is 1.90 bits per heavy atom. The van der Waals surface area contributed by atoms with Gasteiger partial charge in [0.1, 0.15) is 0 Å². The number of amides is 1. The highest BCUT2D eigenvalue weighted by molar-refractivity contribution is 14.0. The molecule has 0 aliphatic heterocycles. The van der Waals surface area contributed by atoms with Crippen molar-refractivity contribution in [2.75, 3.05) is 27.7 Å². The van der Waals surface area contributed by atoms with E-state index < -0.39 is 0 Å². The van der Waals surface area contributed by atoms with Gasteiger partial charge in [0.05, 0.1) is 5.41 Å². The second kappa shape index (κ2) is 7.65. The average molecular weight is 408 g/mol. The molecule has 0 aromatic rings. The van der Waals surface area contributed by atoms with E-state index in [1.165, 1.54) is 6.42 Å². The summed E-state index contributed by atoms with van der Waals surface area (Å²) in [5.41, 5.74) is -0.240. The lowest BCUT2D eigenvalue weighted by atomic mass is 9.84. The summed E-state index contributed by atoms with van der Waals surface area (Å²) in [4.78, 5) is 18.5. The van der Waals surface area contributed by atoms with Crippen molar-refractivity contribution in [1.29, 1.82) is 0 Å². The van der Waals surface area contributed by atoms with Gasteiger partial charge < -0.3 is 15.5 Å². The highest BCUT2D eigenvalue weighted by atomic mass is 127. The van der Waals surface area contributed by atoms with Crippen LogP contribution in [-0.2, 0) is 4.79 Å². The zero-order valence-electron chi connectivity index (χ0n) is 13.6. The summed E-state index contributed by atoms with van der Waals surface area (Å²) in [6, 6.07) is 0.547. The van der Waals surface area contributed by atoms with E-state index in [2.05, 4.69) is 22.5 Å². The largest absolute Gasteiger partial charge is 0.355 e. The molecule has 2 fully saturated rings. The molecule has 2 atom stereocenters. The molecule has 2 unspecified atom stereocenters. The standard InChI is InChI=1S/C15H28N4O.HI/c1-11-9-12(11)18-14(16-2)17-10-15(7-5-6-8-15)13(20)19(3)4;/h11-12H,5-10H2,1-4H3,(H2,16,17,18);1H. The SMILES string of the molecule is CN=C(NCC1(C(=O)N(C)C)CCCC1)NC1CC1C.I. The number of nitrogens with zero attached hydrogens (tertiary/aromatic N) is 2. The van der Waals surface area contributed by atoms with Crippen molar-refractivity contribution in [3.8, 4) is 0 Å². The molecule has 21 heavy (non-hydrogen) atoms. The van der Waals surface area contributed by atoms with Crippen molar-refractivity contribution in [3.05, 3.63) is 0 Å². The summed E-state index contributed by atoms with van der Waals surface area (Å²) < 4.78 is 0. The second-order valence-electron chi connectivity index (χ2n) is 6.58. The van der Waals surface area contributed by atoms with Gasteiger partial charge in [-0.25, -0.2) is 0 Å². The van der Waals surface area contributed by atoms with Gasteiger partial charge in [0.15, 0.2) is 5.96 Å². The normalized spacial score (nSPS) is 26.8. The van der Waals surface area contributed by atoms with E-state index in [4.69, 9.17) is 0 Å². The Kier molecular flexibility index (Phi) is 6.74. The second-order valence-corrected chi connectivity index (χ2v) is 6.58. The van der Waals surface area contributed by atoms with Crippen LogP contribution in [-0.4, -0.2) is 50.5 Å². The van der Waals surface area contributed by atoms with Crippen LogP contribution in [0.4, 0.5) is 0 Å². The quantitative estimate of drug-likeness (QED) is 0.424. The first kappa shape index (κ1) is 18.5. The van der Waals surface area contributed by atoms with Gasteiger partial charge >= 0.3 is 0 Å². The maximum atomic E-state index is 12.5. The Hall–Kier alpha value is -0.530. The van der Waals surface area contributed by atoms with Crippen molar-refractivity contribution in [3.63, 3.8) is 0 Å². The van der Waals surface area contributed by atoms with Gasteiger partial charge in [0, 0.05) is 33.7 Å². The number of halogens is 1. The maximum absolute atomic E-state index is 12.5. The molecule has 6 heteroatoms. The van der Waals surface area contributed by atoms with Crippen LogP contribution in [0.3, 0.4) is 0 Å². The molecule has 0 saturated heterocycles. The van der Waals surface area contributed by atoms with E-state index >= 15 is 0 Å². The van der Waals surface area contributed by atoms with E-state index in [0.717, 1.165) is 37.6 Å². The first-order chi connectivity index (χ1) is 9.48. The molecule has 1 amide bonds. The Morgan fingerprint density at radius 3 is 2.33 bits per heavy atom. The highest BCUT2D eigenvalue weighted by Crippen LogP contribution is 2.39. The van der Waals surface area contributed by atoms with Gasteiger partial charge in [-0.15, -0.1) is 24.0 Å². The third-order valence-electron chi connectivity index (χ3n) is 4.67. The van der Waals surface area contributed by atoms with Gasteiger partial charge in [0.25, 0.3) is 0 Å². The summed E-state index contributed by atoms with van der Waals surface area (Å²) in [6.07, 6.45) is 5.46. The van der Waals surface area contributed by atoms with Crippen molar-refractivity contribution >= 4 is 35.8 Å². The van der Waals surface area contributed by atoms with Gasteiger partial charge in [-0.05, 0) is 25.2 Å². The molecule has 2 aliphatic rings. The monoisotopic (exact) mass is 408 g/mol. The summed E-state index contributed by atoms with van der Waals surface area (Å²) in [6.45, 7) is 2.92. The number of rotatable bonds is 4. The lowest BCUT2D eigenvalue weighted by molar-refractivity contribution is -0.138. The molecular formula is C15H29IN4O. The molecule has 0 aromatic carbocycles. The van der Waals surface area contributed by atoms with Crippen LogP contribution in [0.1, 0.15) is 39.0 Å². The van der Waals surface area contributed by atoms with Crippen LogP contribution in [0, 0.1) is 11.3 Å². The fraction of sp³-hybridized carbons (Fsp3) is 0.867. The Morgan fingerprint density at radius 1 is 1.33 bits per heavy atom. The van der Waals surface area contributed by atoms with Crippen LogP contribution < -0.4 is 10.6 Å². The molecule has 0 radical (unpaired) electrons. The van der Waals surface area contributed by atoms with Crippen LogP contribution >= 0.6 is 24.0 Å². The molecule has 0 bridgehead atoms. The van der Waals surface area contributed by atoms with E-state index in [-0.39, 0.29) is 35.3 Å². The lowest BCUT2D eigenvalue weighted by Gasteiger charge is -2.31. The fourth-order valence-electron chi connectivity index (χ4n) is 3.14. The average Bonchev–Trinajstić information content (AvgIpc) is 2.93. The van der Waals surface area contributed by atoms with E-state index in [9.17, 15) is 4.79 Å². The summed E-state index contributed by atoms with van der Waals surface area (Å²) >= 11 is 0. The number of nitrogens with one attached hydrogen (secondary N) is 2. The number of hydrogen-bond acceptors (Lipinski definition) is 2. The Labute approximate surface area is 145 Å². The highest BCUT2D eigenvalue weighted by Gasteiger charge is 2.42. The summed E-state index contributed by atoms with van der Waals surface area (Å²) in [5, 5.41) is 6.78. The van der Waals surface area contributed by atoms with E-state index in [1.54, 1.807) is 11.9 Å². The van der Waals surface area contributed by atoms with E-state index in [0.29, 0.717) is 12.6 Å². The number of hydrogen-bond donors (Lipinski definition) is 2. The third kappa shape index (κ3) is 4.47. The molecule has 0 aromatic heterocycles. The number of aliphatic imine (C=N–C) groups is 1. The van der Waals surface area contributed by atoms with Crippen molar-refractivity contribution in [1.82, 2.24) is 15.5 Å². The maximum Gasteiger partial charge on any atom is 0.230 e. The molecule has 5 nitrogen and oxygen atoms in total. The minimum atomic E-state index is -0.240. The zero-order chi connectivity index (χ0) is 14.8. The summed E-state index contributed by atoms with van der Waals surface area (Å²) in [7, 11) is 5.49. The fourth-order valence-corrected chi connectivity index (χ4v) is 3.14. The summed E-state index contributed by atoms with van der Waals surface area (Å²) in [5.74, 6) is 1.81. The molecular weight excluding hydrogens is 379 g/mol. The molecule has 2 saturated carbocycles. The molecule has 122 valence electrons. The molecule has 2 aliphatic carbocycles. The van der Waals surface area contributed by atoms with Crippen molar-refractivity contribution in [2.24, 2.45) is 16.3 Å². The minimum Gasteiger partial charge on any atom is -0.355 e. The number of carbonyl (C=O) groups is 1. The van der Waals surface area contributed by atoms with Gasteiger partial charge in [0.2, 0.25) is 5.91 Å². The Balaban J connectivity index is 0.00000220. The number of guanidine groups is 1. The van der Waals surface area contributed by atoms with E-state index in [1.807, 2.05) is 14.1 Å². The Bertz CT molecular complexity index is 391. The van der Waals surface area contributed by atoms with Crippen LogP contribution in [0.2, 0.25) is 0 Å². The first-order valence-corrected chi connectivity index (χ1v) is 7.67. The van der Waals surface area contributed by atoms with Gasteiger partial charge in [-0.2, -0.15) is 0 Å². The van der Waals surface area contributed by atoms with Crippen LogP contribution in [0.5, 0.6) is 0 Å². The predicted molar refractivity (Wildman–Crippen MR) is 97.1 cm³/mol. The predicted octanol–water partition coefficient (Wildman–Crippen LogP) is 1.83. The molecule has 2 N–H and O–H groups in total. The smallest absolute Gasteiger partial charge is 0.230 e. The zero-order valence-corrected chi connectivity index (χ0v) is 15.9. The first-order valence-electron chi connectivity index (χ1n) is 7.67. The van der Waals surface area contributed by atoms with Crippen molar-refractivity contribution < 1.29 is 4.79 Å².